The highest BCUT2D eigenvalue weighted by Gasteiger charge is 2.37. The Morgan fingerprint density at radius 2 is 0.643 bits per heavy atom. The quantitative estimate of drug-likeness (QED) is 0.0439. The highest BCUT2D eigenvalue weighted by molar-refractivity contribution is 7.99. The molecular formula is C93H96F6N18O6S3. The third-order valence-corrected chi connectivity index (χ3v) is 25.0. The Hall–Kier alpha value is -12.4. The van der Waals surface area contributed by atoms with Crippen LogP contribution in [0.5, 0.6) is 0 Å². The van der Waals surface area contributed by atoms with E-state index in [4.69, 9.17) is 15.0 Å². The summed E-state index contributed by atoms with van der Waals surface area (Å²) in [6.07, 6.45) is 14.2. The lowest BCUT2D eigenvalue weighted by Crippen LogP contribution is -2.54. The summed E-state index contributed by atoms with van der Waals surface area (Å²) in [7, 11) is 0. The lowest BCUT2D eigenvalue weighted by molar-refractivity contribution is -0.127. The molecule has 3 saturated heterocycles. The molecule has 0 spiro atoms. The fourth-order valence-electron chi connectivity index (χ4n) is 16.5. The summed E-state index contributed by atoms with van der Waals surface area (Å²) >= 11 is 3.83. The van der Waals surface area contributed by atoms with Gasteiger partial charge in [0.15, 0.2) is 34.4 Å². The summed E-state index contributed by atoms with van der Waals surface area (Å²) in [5.41, 5.74) is 3.87. The monoisotopic (exact) mass is 1770 g/mol. The van der Waals surface area contributed by atoms with Crippen LogP contribution in [0.15, 0.2) is 177 Å². The summed E-state index contributed by atoms with van der Waals surface area (Å²) in [5, 5.41) is 0.892. The van der Waals surface area contributed by atoms with Crippen molar-refractivity contribution in [3.8, 4) is 50.8 Å². The number of aryl methyl sites for hydroxylation is 3. The maximum atomic E-state index is 16.0. The molecule has 15 rings (SSSR count). The summed E-state index contributed by atoms with van der Waals surface area (Å²) in [6, 6.07) is 22.1. The van der Waals surface area contributed by atoms with E-state index in [2.05, 4.69) is 49.6 Å². The van der Waals surface area contributed by atoms with Gasteiger partial charge in [-0.05, 0) is 186 Å². The lowest BCUT2D eigenvalue weighted by atomic mass is 10.0. The molecule has 0 unspecified atom stereocenters. The van der Waals surface area contributed by atoms with Gasteiger partial charge in [-0.2, -0.15) is 15.0 Å². The second-order valence-corrected chi connectivity index (χ2v) is 34.4. The van der Waals surface area contributed by atoms with Gasteiger partial charge in [0.1, 0.15) is 52.0 Å². The first-order valence-corrected chi connectivity index (χ1v) is 44.7. The Balaban J connectivity index is 0.000000162. The van der Waals surface area contributed by atoms with Crippen molar-refractivity contribution in [1.82, 2.24) is 73.3 Å². The molecule has 654 valence electrons. The standard InChI is InChI=1S/3C31H32F2N6O2S/c3*1-7-24(40)37-13-14-38(19(5)16-37)29-20-15-22(33)27(25-21(32)9-8-10-23(25)42-6)35-30(20)39(31(41)36-29)28-18(4)11-12-34-26(28)17(2)3/h3*7-12,15,17,19H,1,13-14,16H2,2-6H3/t3*19-/m000/s1. The number of piperazine rings is 3. The molecule has 3 amide bonds. The number of hydrogen-bond acceptors (Lipinski definition) is 21. The number of aromatic nitrogens is 12. The molecule has 0 aliphatic carbocycles. The molecule has 3 aliphatic heterocycles. The van der Waals surface area contributed by atoms with Crippen molar-refractivity contribution in [2.24, 2.45) is 0 Å². The van der Waals surface area contributed by atoms with Crippen molar-refractivity contribution in [1.29, 1.82) is 0 Å². The van der Waals surface area contributed by atoms with Crippen LogP contribution in [0.4, 0.5) is 43.8 Å². The largest absolute Gasteiger partial charge is 0.355 e. The van der Waals surface area contributed by atoms with Crippen molar-refractivity contribution >= 4 is 104 Å². The average molecular weight is 1770 g/mol. The van der Waals surface area contributed by atoms with Crippen molar-refractivity contribution in [2.75, 3.05) is 92.4 Å². The molecule has 9 aromatic heterocycles. The number of fused-ring (bicyclic) bond motifs is 3. The van der Waals surface area contributed by atoms with Gasteiger partial charge < -0.3 is 29.4 Å². The number of carbonyl (C=O) groups is 3. The number of nitrogens with zero attached hydrogens (tertiary/aromatic N) is 18. The zero-order valence-electron chi connectivity index (χ0n) is 72.6. The topological polar surface area (TPSA) is 253 Å². The molecule has 0 bridgehead atoms. The highest BCUT2D eigenvalue weighted by atomic mass is 32.2. The number of halogens is 6. The van der Waals surface area contributed by atoms with E-state index in [0.29, 0.717) is 124 Å². The zero-order chi connectivity index (χ0) is 90.9. The molecule has 12 aromatic rings. The number of thioether (sulfide) groups is 3. The van der Waals surface area contributed by atoms with E-state index in [1.807, 2.05) is 97.8 Å². The number of anilines is 3. The molecule has 3 fully saturated rings. The molecule has 0 radical (unpaired) electrons. The number of rotatable bonds is 18. The Morgan fingerprint density at radius 1 is 0.389 bits per heavy atom. The normalized spacial score (nSPS) is 15.5. The Labute approximate surface area is 737 Å². The molecule has 3 atom stereocenters. The van der Waals surface area contributed by atoms with Gasteiger partial charge in [0.05, 0.1) is 67.0 Å². The van der Waals surface area contributed by atoms with Crippen LogP contribution in [-0.2, 0) is 14.4 Å². The van der Waals surface area contributed by atoms with Gasteiger partial charge in [-0.1, -0.05) is 79.5 Å². The molecule has 3 aromatic carbocycles. The summed E-state index contributed by atoms with van der Waals surface area (Å²) in [6.45, 7) is 37.2. The predicted octanol–water partition coefficient (Wildman–Crippen LogP) is 16.5. The van der Waals surface area contributed by atoms with Crippen LogP contribution in [0.1, 0.15) is 114 Å². The highest BCUT2D eigenvalue weighted by Crippen LogP contribution is 2.43. The van der Waals surface area contributed by atoms with Crippen LogP contribution in [0.2, 0.25) is 0 Å². The van der Waals surface area contributed by atoms with Gasteiger partial charge >= 0.3 is 17.1 Å². The molecule has 0 saturated carbocycles. The van der Waals surface area contributed by atoms with Gasteiger partial charge in [0.2, 0.25) is 17.7 Å². The van der Waals surface area contributed by atoms with Gasteiger partial charge in [0, 0.05) is 110 Å². The fourth-order valence-corrected chi connectivity index (χ4v) is 18.3. The Kier molecular flexibility index (Phi) is 27.7. The predicted molar refractivity (Wildman–Crippen MR) is 487 cm³/mol. The molecule has 3 aliphatic rings. The maximum absolute atomic E-state index is 16.0. The van der Waals surface area contributed by atoms with Gasteiger partial charge in [-0.3, -0.25) is 29.3 Å². The van der Waals surface area contributed by atoms with Gasteiger partial charge in [-0.25, -0.2) is 69.4 Å². The smallest absolute Gasteiger partial charge is 0.350 e. The lowest BCUT2D eigenvalue weighted by Gasteiger charge is -2.40. The van der Waals surface area contributed by atoms with Gasteiger partial charge in [-0.15, -0.1) is 35.3 Å². The van der Waals surface area contributed by atoms with E-state index in [1.54, 1.807) is 107 Å². The van der Waals surface area contributed by atoms with Crippen LogP contribution in [0.3, 0.4) is 0 Å². The van der Waals surface area contributed by atoms with Crippen LogP contribution >= 0.6 is 35.3 Å². The van der Waals surface area contributed by atoms with E-state index < -0.39 is 52.0 Å². The number of hydrogen-bond donors (Lipinski definition) is 0. The third kappa shape index (κ3) is 17.6. The van der Waals surface area contributed by atoms with Crippen molar-refractivity contribution in [2.45, 2.75) is 134 Å². The number of carbonyl (C=O) groups excluding carboxylic acids is 3. The van der Waals surface area contributed by atoms with E-state index >= 15 is 26.3 Å². The first-order valence-electron chi connectivity index (χ1n) is 41.0. The minimum Gasteiger partial charge on any atom is -0.350 e. The van der Waals surface area contributed by atoms with Crippen LogP contribution in [0.25, 0.3) is 83.9 Å². The second kappa shape index (κ2) is 38.2. The van der Waals surface area contributed by atoms with E-state index in [-0.39, 0.29) is 122 Å². The SMILES string of the molecule is C=CC(=O)N1CCN(c2nc(=O)n(-c3c(C)ccnc3C(C)C)c3nc(-c4c(F)cccc4SC)c(F)cc23)[C@@H](C)C1.C=CC(=O)N1CCN(c2nc(=O)n(-c3c(C)ccnc3C(C)C)c3nc(-c4c(F)cccc4SC)c(F)cc23)[C@@H](C)C1.C=CC(=O)N1CCN(c2nc(=O)n(-c3c(C)ccnc3C(C)C)c3nc(-c4c(F)cccc4SC)c(F)cc23)[C@@H](C)C1. The average Bonchev–Trinajstić information content (AvgIpc) is 0.741. The maximum Gasteiger partial charge on any atom is 0.355 e. The fraction of sp³-hybridized carbons (Fsp3) is 0.323. The minimum absolute atomic E-state index is 0.0265. The summed E-state index contributed by atoms with van der Waals surface area (Å²) < 4.78 is 97.9. The molecule has 126 heavy (non-hydrogen) atoms. The molecule has 12 heterocycles. The van der Waals surface area contributed by atoms with Crippen LogP contribution < -0.4 is 31.8 Å². The second-order valence-electron chi connectivity index (χ2n) is 31.8. The van der Waals surface area contributed by atoms with Crippen molar-refractivity contribution in [3.63, 3.8) is 0 Å². The molecule has 24 nitrogen and oxygen atoms in total. The molecular weight excluding hydrogens is 1680 g/mol. The van der Waals surface area contributed by atoms with E-state index in [1.165, 1.54) is 104 Å². The first kappa shape index (κ1) is 91.3. The van der Waals surface area contributed by atoms with Crippen molar-refractivity contribution < 1.29 is 40.7 Å². The number of benzene rings is 3. The first-order chi connectivity index (χ1) is 60.2. The van der Waals surface area contributed by atoms with E-state index in [9.17, 15) is 28.8 Å². The third-order valence-electron chi connectivity index (χ3n) is 22.6. The zero-order valence-corrected chi connectivity index (χ0v) is 75.0. The Bertz CT molecular complexity index is 5930. The summed E-state index contributed by atoms with van der Waals surface area (Å²) in [5.74, 6) is -4.00. The van der Waals surface area contributed by atoms with Crippen LogP contribution in [-0.4, -0.2) is 187 Å². The minimum atomic E-state index is -0.740. The molecule has 33 heteroatoms. The van der Waals surface area contributed by atoms with Gasteiger partial charge in [0.25, 0.3) is 0 Å². The van der Waals surface area contributed by atoms with Crippen molar-refractivity contribution in [3.05, 3.63) is 248 Å². The van der Waals surface area contributed by atoms with E-state index in [0.717, 1.165) is 16.7 Å². The number of pyridine rings is 6. The number of amides is 3. The molecule has 0 N–H and O–H groups in total. The Morgan fingerprint density at radius 3 is 0.865 bits per heavy atom. The van der Waals surface area contributed by atoms with Crippen LogP contribution in [0, 0.1) is 55.7 Å². The summed E-state index contributed by atoms with van der Waals surface area (Å²) in [4.78, 5) is 132.